The summed E-state index contributed by atoms with van der Waals surface area (Å²) in [7, 11) is -9.79. The van der Waals surface area contributed by atoms with Crippen LogP contribution in [-0.2, 0) is 27.2 Å². The van der Waals surface area contributed by atoms with E-state index in [9.17, 15) is 24.2 Å². The highest BCUT2D eigenvalue weighted by Gasteiger charge is 2.65. The molecule has 1 fully saturated rings. The summed E-state index contributed by atoms with van der Waals surface area (Å²) in [6.45, 7) is 7.66. The van der Waals surface area contributed by atoms with Crippen LogP contribution in [0.4, 0.5) is 19.4 Å². The molecule has 1 atom stereocenters. The van der Waals surface area contributed by atoms with E-state index in [0.717, 1.165) is 29.3 Å². The molecule has 2 heterocycles. The van der Waals surface area contributed by atoms with Gasteiger partial charge in [0.15, 0.2) is 5.79 Å². The van der Waals surface area contributed by atoms with Gasteiger partial charge in [0.1, 0.15) is 16.7 Å². The van der Waals surface area contributed by atoms with Gasteiger partial charge in [-0.3, -0.25) is 4.79 Å². The van der Waals surface area contributed by atoms with Crippen LogP contribution in [0.2, 0.25) is 0 Å². The summed E-state index contributed by atoms with van der Waals surface area (Å²) < 4.78 is 83.4. The van der Waals surface area contributed by atoms with Gasteiger partial charge in [-0.25, -0.2) is 0 Å². The average molecular weight is 506 g/mol. The topological polar surface area (TPSA) is 56.8 Å². The van der Waals surface area contributed by atoms with Gasteiger partial charge in [0.2, 0.25) is 5.91 Å². The Kier molecular flexibility index (Phi) is 5.35. The predicted molar refractivity (Wildman–Crippen MR) is 118 cm³/mol. The quantitative estimate of drug-likeness (QED) is 0.356. The number of hydrogen-bond donors (Lipinski definition) is 1. The first-order valence-electron chi connectivity index (χ1n) is 10.5. The molecule has 5 nitrogen and oxygen atoms in total. The molecular formula is C23H24F5NO4S. The van der Waals surface area contributed by atoms with Gasteiger partial charge >= 0.3 is 10.2 Å². The zero-order valence-electron chi connectivity index (χ0n) is 18.5. The summed E-state index contributed by atoms with van der Waals surface area (Å²) in [5.74, 6) is -0.783. The monoisotopic (exact) mass is 505 g/mol. The van der Waals surface area contributed by atoms with Gasteiger partial charge in [-0.15, -0.1) is 0 Å². The van der Waals surface area contributed by atoms with Crippen molar-refractivity contribution >= 4 is 16.1 Å². The van der Waals surface area contributed by atoms with Crippen LogP contribution in [0.15, 0.2) is 47.9 Å². The van der Waals surface area contributed by atoms with Gasteiger partial charge in [0.25, 0.3) is 0 Å². The smallest absolute Gasteiger partial charge is 0.310 e. The fraction of sp³-hybridized carbons (Fsp3) is 0.348. The number of benzene rings is 2. The molecule has 34 heavy (non-hydrogen) atoms. The van der Waals surface area contributed by atoms with E-state index >= 15 is 0 Å². The number of fused-ring (bicyclic) bond motifs is 1. The van der Waals surface area contributed by atoms with Gasteiger partial charge in [-0.05, 0) is 54.8 Å². The van der Waals surface area contributed by atoms with Crippen LogP contribution < -0.4 is 10.1 Å². The Labute approximate surface area is 193 Å². The molecule has 2 aliphatic heterocycles. The Morgan fingerprint density at radius 2 is 1.88 bits per heavy atom. The zero-order chi connectivity index (χ0) is 25.0. The maximum atomic E-state index is 13.2. The second kappa shape index (κ2) is 7.43. The minimum Gasteiger partial charge on any atom is -0.492 e. The number of amides is 1. The molecule has 1 amide bonds. The van der Waals surface area contributed by atoms with Crippen molar-refractivity contribution in [3.05, 3.63) is 59.7 Å². The third-order valence-electron chi connectivity index (χ3n) is 5.69. The van der Waals surface area contributed by atoms with E-state index in [1.54, 1.807) is 19.9 Å². The van der Waals surface area contributed by atoms with Gasteiger partial charge in [-0.2, -0.15) is 0 Å². The first-order valence-corrected chi connectivity index (χ1v) is 12.4. The second-order valence-corrected chi connectivity index (χ2v) is 11.0. The normalized spacial score (nSPS) is 21.2. The summed E-state index contributed by atoms with van der Waals surface area (Å²) in [4.78, 5) is 9.85. The number of ether oxygens (including phenoxy) is 3. The molecule has 2 aromatic rings. The van der Waals surface area contributed by atoms with Crippen LogP contribution in [0, 0.1) is 0 Å². The Morgan fingerprint density at radius 3 is 2.44 bits per heavy atom. The van der Waals surface area contributed by atoms with E-state index in [-0.39, 0.29) is 18.7 Å². The van der Waals surface area contributed by atoms with Gasteiger partial charge in [-0.1, -0.05) is 38.1 Å². The molecule has 186 valence electrons. The van der Waals surface area contributed by atoms with Crippen LogP contribution in [0.3, 0.4) is 0 Å². The van der Waals surface area contributed by atoms with E-state index < -0.39 is 32.9 Å². The Hall–Kier alpha value is -2.63. The fourth-order valence-electron chi connectivity index (χ4n) is 4.20. The van der Waals surface area contributed by atoms with E-state index in [0.29, 0.717) is 42.0 Å². The molecule has 1 saturated heterocycles. The molecule has 2 aromatic carbocycles. The lowest BCUT2D eigenvalue weighted by molar-refractivity contribution is -0.139. The van der Waals surface area contributed by atoms with Crippen molar-refractivity contribution in [3.63, 3.8) is 0 Å². The highest BCUT2D eigenvalue weighted by Crippen LogP contribution is 3.02. The Bertz CT molecular complexity index is 1160. The lowest BCUT2D eigenvalue weighted by Gasteiger charge is -2.40. The summed E-state index contributed by atoms with van der Waals surface area (Å²) in [5.41, 5.74) is 2.91. The van der Waals surface area contributed by atoms with Crippen LogP contribution in [-0.4, -0.2) is 24.9 Å². The van der Waals surface area contributed by atoms with Crippen molar-refractivity contribution in [2.24, 2.45) is 0 Å². The highest BCUT2D eigenvalue weighted by molar-refractivity contribution is 8.45. The van der Waals surface area contributed by atoms with Crippen molar-refractivity contribution in [2.45, 2.75) is 43.6 Å². The van der Waals surface area contributed by atoms with Gasteiger partial charge in [0, 0.05) is 24.1 Å². The Balaban J connectivity index is 1.83. The molecule has 4 rings (SSSR count). The van der Waals surface area contributed by atoms with Crippen LogP contribution in [0.25, 0.3) is 11.1 Å². The van der Waals surface area contributed by atoms with E-state index in [1.165, 1.54) is 0 Å². The summed E-state index contributed by atoms with van der Waals surface area (Å²) >= 11 is 0. The van der Waals surface area contributed by atoms with Crippen molar-refractivity contribution in [2.75, 3.05) is 13.2 Å². The third kappa shape index (κ3) is 4.91. The summed E-state index contributed by atoms with van der Waals surface area (Å²) in [6, 6.07) is 4.42. The molecule has 1 unspecified atom stereocenters. The largest absolute Gasteiger partial charge is 0.492 e. The molecule has 2 aliphatic rings. The van der Waals surface area contributed by atoms with Crippen molar-refractivity contribution in [1.29, 1.82) is 0 Å². The molecule has 0 saturated carbocycles. The predicted octanol–water partition coefficient (Wildman–Crippen LogP) is 6.57. The highest BCUT2D eigenvalue weighted by atomic mass is 32.5. The first-order chi connectivity index (χ1) is 15.6. The number of nitrogens with one attached hydrogen (secondary N) is 1. The average Bonchev–Trinajstić information content (AvgIpc) is 3.35. The number of hydrogen-bond acceptors (Lipinski definition) is 4. The van der Waals surface area contributed by atoms with Gasteiger partial charge < -0.3 is 19.5 Å². The standard InChI is InChI=1S/C23H24F5NO4S/c1-4-20(30)29-12-15-11-18(14-5-7-16(8-6-14)34(24,25,26,27)28)22-17(9-10-31-22)21(15)19-13-32-23(2,3)33-19/h4-8,11,19H,1,9-10,12-13H2,2-3H3,(H,29,30). The fourth-order valence-corrected chi connectivity index (χ4v) is 4.85. The number of carbonyl (C=O) groups is 1. The molecule has 0 aromatic heterocycles. The van der Waals surface area contributed by atoms with Crippen LogP contribution >= 0.6 is 10.2 Å². The molecule has 11 heteroatoms. The number of rotatable bonds is 6. The lowest BCUT2D eigenvalue weighted by atomic mass is 9.89. The molecule has 0 bridgehead atoms. The third-order valence-corrected chi connectivity index (χ3v) is 6.85. The van der Waals surface area contributed by atoms with E-state index in [2.05, 4.69) is 11.9 Å². The number of carbonyl (C=O) groups excluding carboxylic acids is 1. The molecule has 1 N–H and O–H groups in total. The van der Waals surface area contributed by atoms with Gasteiger partial charge in [0.05, 0.1) is 13.2 Å². The molecule has 0 spiro atoms. The minimum atomic E-state index is -9.79. The zero-order valence-corrected chi connectivity index (χ0v) is 19.3. The Morgan fingerprint density at radius 1 is 1.21 bits per heavy atom. The molecular weight excluding hydrogens is 481 g/mol. The van der Waals surface area contributed by atoms with E-state index in [1.807, 2.05) is 0 Å². The first kappa shape index (κ1) is 24.5. The van der Waals surface area contributed by atoms with Crippen molar-refractivity contribution in [3.8, 4) is 16.9 Å². The summed E-state index contributed by atoms with van der Waals surface area (Å²) in [5, 5.41) is 2.70. The maximum Gasteiger partial charge on any atom is 0.310 e. The van der Waals surface area contributed by atoms with Crippen LogP contribution in [0.5, 0.6) is 5.75 Å². The van der Waals surface area contributed by atoms with Crippen molar-refractivity contribution < 1.29 is 38.4 Å². The lowest BCUT2D eigenvalue weighted by Crippen LogP contribution is -2.23. The molecule has 0 radical (unpaired) electrons. The second-order valence-electron chi connectivity index (χ2n) is 8.64. The van der Waals surface area contributed by atoms with Crippen LogP contribution in [0.1, 0.15) is 36.6 Å². The maximum absolute atomic E-state index is 13.2. The minimum absolute atomic E-state index is 0.0876. The SMILES string of the molecule is C=CC(=O)NCc1cc(-c2ccc(S(F)(F)(F)(F)F)cc2)c2c(c1C1COC(C)(C)O1)CCO2. The summed E-state index contributed by atoms with van der Waals surface area (Å²) in [6.07, 6.45) is 1.17. The van der Waals surface area contributed by atoms with Crippen molar-refractivity contribution in [1.82, 2.24) is 5.32 Å². The van der Waals surface area contributed by atoms with E-state index in [4.69, 9.17) is 14.2 Å². The number of halogens is 5. The molecule has 0 aliphatic carbocycles.